The molecule has 0 aromatic rings. The van der Waals surface area contributed by atoms with E-state index in [0.717, 1.165) is 64.2 Å². The Morgan fingerprint density at radius 3 is 2.26 bits per heavy atom. The van der Waals surface area contributed by atoms with E-state index < -0.39 is 58.7 Å². The third-order valence-corrected chi connectivity index (χ3v) is 10.5. The fourth-order valence-corrected chi connectivity index (χ4v) is 8.10. The fraction of sp³-hybridized carbons (Fsp3) is 0.862. The van der Waals surface area contributed by atoms with Crippen molar-refractivity contribution in [3.63, 3.8) is 0 Å². The molecule has 13 heteroatoms. The van der Waals surface area contributed by atoms with Crippen molar-refractivity contribution in [3.05, 3.63) is 0 Å². The first-order valence-corrected chi connectivity index (χ1v) is 17.1. The van der Waals surface area contributed by atoms with Crippen molar-refractivity contribution in [2.45, 2.75) is 133 Å². The first-order valence-electron chi connectivity index (χ1n) is 15.8. The number of carbonyl (C=O) groups is 4. The minimum atomic E-state index is -2.05. The molecule has 42 heavy (non-hydrogen) atoms. The Labute approximate surface area is 251 Å². The Morgan fingerprint density at radius 2 is 1.64 bits per heavy atom. The van der Waals surface area contributed by atoms with Gasteiger partial charge in [-0.3, -0.25) is 29.8 Å². The lowest BCUT2D eigenvalue weighted by molar-refractivity contribution is -0.149. The molecule has 12 nitrogen and oxygen atoms in total. The van der Waals surface area contributed by atoms with Crippen LogP contribution < -0.4 is 21.3 Å². The second-order valence-electron chi connectivity index (χ2n) is 12.7. The maximum absolute atomic E-state index is 14.5. The topological polar surface area (TPSA) is 177 Å². The summed E-state index contributed by atoms with van der Waals surface area (Å²) in [4.78, 5) is 53.6. The third kappa shape index (κ3) is 8.16. The SMILES string of the molecule is CC[C@@](NC(O)NC1(CS(=O)O)CCCCC1)(C(=O)N1CCC[C@H]1C(=O)NCC(=O)C(=O)NC1CC1)C1CCCCC1. The number of nitrogens with one attached hydrogen (secondary N) is 4. The van der Waals surface area contributed by atoms with Gasteiger partial charge in [-0.25, -0.2) is 4.21 Å². The third-order valence-electron chi connectivity index (χ3n) is 9.69. The minimum Gasteiger partial charge on any atom is -0.365 e. The zero-order valence-corrected chi connectivity index (χ0v) is 25.6. The largest absolute Gasteiger partial charge is 0.365 e. The van der Waals surface area contributed by atoms with Gasteiger partial charge in [0.05, 0.1) is 12.3 Å². The molecule has 3 amide bonds. The van der Waals surface area contributed by atoms with Gasteiger partial charge in [0.2, 0.25) is 17.6 Å². The van der Waals surface area contributed by atoms with Crippen LogP contribution >= 0.6 is 0 Å². The summed E-state index contributed by atoms with van der Waals surface area (Å²) < 4.78 is 21.6. The maximum Gasteiger partial charge on any atom is 0.289 e. The number of hydrogen-bond donors (Lipinski definition) is 6. The van der Waals surface area contributed by atoms with Gasteiger partial charge in [0, 0.05) is 18.1 Å². The quantitative estimate of drug-likeness (QED) is 0.0952. The Hall–Kier alpha value is -1.93. The summed E-state index contributed by atoms with van der Waals surface area (Å²) in [6.07, 6.45) is 10.6. The van der Waals surface area contributed by atoms with Crippen LogP contribution in [-0.4, -0.2) is 90.6 Å². The van der Waals surface area contributed by atoms with Gasteiger partial charge in [0.15, 0.2) is 17.4 Å². The summed E-state index contributed by atoms with van der Waals surface area (Å²) in [5.41, 5.74) is -1.86. The summed E-state index contributed by atoms with van der Waals surface area (Å²) in [6, 6.07) is -0.738. The van der Waals surface area contributed by atoms with Crippen LogP contribution in [0.3, 0.4) is 0 Å². The molecule has 0 bridgehead atoms. The summed E-state index contributed by atoms with van der Waals surface area (Å²) >= 11 is -2.05. The molecule has 0 radical (unpaired) electrons. The Balaban J connectivity index is 1.49. The molecule has 0 aromatic carbocycles. The van der Waals surface area contributed by atoms with Crippen LogP contribution in [-0.2, 0) is 30.3 Å². The average molecular weight is 612 g/mol. The highest BCUT2D eigenvalue weighted by Crippen LogP contribution is 2.38. The standard InChI is InChI=1S/C29H49N5O7S/c1-2-29(20-10-5-3-6-11-20,33-27(39)32-28(19-42(40)41)15-7-4-8-16-28)26(38)34-17-9-12-22(34)24(36)30-18-23(35)25(37)31-21-13-14-21/h20-22,27,32-33,39H,2-19H2,1H3,(H,30,36)(H,31,37)(H,40,41)/t22-,27?,29-/m0/s1. The van der Waals surface area contributed by atoms with Gasteiger partial charge >= 0.3 is 0 Å². The van der Waals surface area contributed by atoms with E-state index in [9.17, 15) is 33.0 Å². The molecule has 4 rings (SSSR count). The average Bonchev–Trinajstić information content (AvgIpc) is 3.65. The zero-order chi connectivity index (χ0) is 30.3. The maximum atomic E-state index is 14.5. The Bertz CT molecular complexity index is 1010. The predicted molar refractivity (Wildman–Crippen MR) is 157 cm³/mol. The van der Waals surface area contributed by atoms with Crippen LogP contribution in [0.2, 0.25) is 0 Å². The van der Waals surface area contributed by atoms with Crippen molar-refractivity contribution in [3.8, 4) is 0 Å². The lowest BCUT2D eigenvalue weighted by atomic mass is 9.72. The van der Waals surface area contributed by atoms with E-state index in [0.29, 0.717) is 38.6 Å². The number of likely N-dealkylation sites (tertiary alicyclic amines) is 1. The molecule has 0 aromatic heterocycles. The van der Waals surface area contributed by atoms with Crippen LogP contribution in [0.4, 0.5) is 0 Å². The molecule has 238 valence electrons. The molecule has 1 aliphatic heterocycles. The number of hydrogen-bond acceptors (Lipinski definition) is 8. The summed E-state index contributed by atoms with van der Waals surface area (Å²) in [5, 5.41) is 23.0. The molecule has 6 N–H and O–H groups in total. The Kier molecular flexibility index (Phi) is 11.5. The van der Waals surface area contributed by atoms with Gasteiger partial charge in [-0.05, 0) is 63.7 Å². The van der Waals surface area contributed by atoms with E-state index in [1.807, 2.05) is 6.92 Å². The molecule has 4 aliphatic rings. The number of rotatable bonds is 14. The number of amides is 3. The highest BCUT2D eigenvalue weighted by atomic mass is 32.2. The van der Waals surface area contributed by atoms with Gasteiger partial charge in [0.25, 0.3) is 5.91 Å². The van der Waals surface area contributed by atoms with Crippen LogP contribution in [0, 0.1) is 5.92 Å². The van der Waals surface area contributed by atoms with Gasteiger partial charge < -0.3 is 25.2 Å². The molecule has 1 saturated heterocycles. The molecule has 1 heterocycles. The minimum absolute atomic E-state index is 0.00594. The van der Waals surface area contributed by atoms with Crippen LogP contribution in [0.25, 0.3) is 0 Å². The van der Waals surface area contributed by atoms with E-state index in [1.54, 1.807) is 4.90 Å². The van der Waals surface area contributed by atoms with Gasteiger partial charge in [-0.15, -0.1) is 0 Å². The zero-order valence-electron chi connectivity index (χ0n) is 24.8. The number of Topliss-reactive ketones (excluding diaryl/α,β-unsaturated/α-hetero) is 1. The molecule has 3 aliphatic carbocycles. The van der Waals surface area contributed by atoms with Crippen molar-refractivity contribution in [1.29, 1.82) is 0 Å². The normalized spacial score (nSPS) is 25.7. The van der Waals surface area contributed by atoms with Crippen molar-refractivity contribution in [2.75, 3.05) is 18.8 Å². The predicted octanol–water partition coefficient (Wildman–Crippen LogP) is 1.05. The molecule has 4 atom stereocenters. The number of aliphatic hydroxyl groups is 1. The van der Waals surface area contributed by atoms with Crippen LogP contribution in [0.1, 0.15) is 103 Å². The molecule has 0 spiro atoms. The van der Waals surface area contributed by atoms with Gasteiger partial charge in [-0.1, -0.05) is 45.4 Å². The van der Waals surface area contributed by atoms with E-state index in [1.165, 1.54) is 0 Å². The van der Waals surface area contributed by atoms with E-state index in [4.69, 9.17) is 0 Å². The van der Waals surface area contributed by atoms with E-state index in [2.05, 4.69) is 21.3 Å². The summed E-state index contributed by atoms with van der Waals surface area (Å²) in [5.74, 6) is -2.21. The first kappa shape index (κ1) is 33.0. The number of nitrogens with zero attached hydrogens (tertiary/aromatic N) is 1. The number of ketones is 1. The molecule has 4 fully saturated rings. The monoisotopic (exact) mass is 611 g/mol. The van der Waals surface area contributed by atoms with Crippen molar-refractivity contribution in [1.82, 2.24) is 26.2 Å². The Morgan fingerprint density at radius 1 is 0.976 bits per heavy atom. The van der Waals surface area contributed by atoms with Crippen molar-refractivity contribution in [2.24, 2.45) is 5.92 Å². The van der Waals surface area contributed by atoms with Crippen LogP contribution in [0.15, 0.2) is 0 Å². The second kappa shape index (κ2) is 14.7. The number of aliphatic hydroxyl groups excluding tert-OH is 1. The fourth-order valence-electron chi connectivity index (χ4n) is 7.25. The first-order chi connectivity index (χ1) is 20.1. The molecular formula is C29H49N5O7S. The highest BCUT2D eigenvalue weighted by molar-refractivity contribution is 7.79. The highest BCUT2D eigenvalue weighted by Gasteiger charge is 2.51. The second-order valence-corrected chi connectivity index (χ2v) is 13.6. The lowest BCUT2D eigenvalue weighted by Gasteiger charge is -2.47. The van der Waals surface area contributed by atoms with Crippen LogP contribution in [0.5, 0.6) is 0 Å². The lowest BCUT2D eigenvalue weighted by Crippen LogP contribution is -2.70. The van der Waals surface area contributed by atoms with Crippen molar-refractivity contribution < 1.29 is 33.0 Å². The molecule has 2 unspecified atom stereocenters. The summed E-state index contributed by atoms with van der Waals surface area (Å²) in [6.45, 7) is 1.86. The van der Waals surface area contributed by atoms with Gasteiger partial charge in [0.1, 0.15) is 11.6 Å². The smallest absolute Gasteiger partial charge is 0.289 e. The van der Waals surface area contributed by atoms with Gasteiger partial charge in [-0.2, -0.15) is 0 Å². The van der Waals surface area contributed by atoms with Crippen molar-refractivity contribution >= 4 is 34.6 Å². The number of carbonyl (C=O) groups excluding carboxylic acids is 4. The molecule has 3 saturated carbocycles. The summed E-state index contributed by atoms with van der Waals surface area (Å²) in [7, 11) is 0. The van der Waals surface area contributed by atoms with E-state index in [-0.39, 0.29) is 23.6 Å². The van der Waals surface area contributed by atoms with E-state index >= 15 is 0 Å². The molecular weight excluding hydrogens is 562 g/mol.